The molecule has 1 heterocycles. The fourth-order valence-corrected chi connectivity index (χ4v) is 1.67. The summed E-state index contributed by atoms with van der Waals surface area (Å²) in [6.45, 7) is 3.99. The van der Waals surface area contributed by atoms with Crippen molar-refractivity contribution in [3.63, 3.8) is 0 Å². The standard InChI is InChI=1S/C13H17N3O3/c1-8(14)11-5-4-10(17-3)6-13(11)18-7-12-9(2)15-19-16-12/h4-6,8H,7,14H2,1-3H3. The van der Waals surface area contributed by atoms with Gasteiger partial charge in [-0.2, -0.15) is 0 Å². The van der Waals surface area contributed by atoms with Crippen LogP contribution in [0.5, 0.6) is 11.5 Å². The molecule has 0 radical (unpaired) electrons. The third kappa shape index (κ3) is 3.03. The molecule has 0 fully saturated rings. The zero-order valence-electron chi connectivity index (χ0n) is 11.2. The van der Waals surface area contributed by atoms with Crippen LogP contribution in [0.2, 0.25) is 0 Å². The van der Waals surface area contributed by atoms with Gasteiger partial charge < -0.3 is 15.2 Å². The highest BCUT2D eigenvalue weighted by Gasteiger charge is 2.12. The van der Waals surface area contributed by atoms with E-state index in [2.05, 4.69) is 14.9 Å². The van der Waals surface area contributed by atoms with Gasteiger partial charge in [0.15, 0.2) is 0 Å². The molecule has 2 rings (SSSR count). The number of aromatic nitrogens is 2. The first-order chi connectivity index (χ1) is 9.11. The van der Waals surface area contributed by atoms with Gasteiger partial charge in [0, 0.05) is 17.7 Å². The van der Waals surface area contributed by atoms with Crippen molar-refractivity contribution in [1.29, 1.82) is 0 Å². The Kier molecular flexibility index (Phi) is 4.01. The molecule has 0 aliphatic rings. The van der Waals surface area contributed by atoms with Gasteiger partial charge in [-0.25, -0.2) is 4.63 Å². The SMILES string of the molecule is COc1ccc(C(C)N)c(OCc2nonc2C)c1. The average molecular weight is 263 g/mol. The quantitative estimate of drug-likeness (QED) is 0.888. The molecule has 1 atom stereocenters. The first-order valence-electron chi connectivity index (χ1n) is 5.96. The Morgan fingerprint density at radius 3 is 2.74 bits per heavy atom. The summed E-state index contributed by atoms with van der Waals surface area (Å²) in [5.41, 5.74) is 8.21. The monoisotopic (exact) mass is 263 g/mol. The van der Waals surface area contributed by atoms with Crippen molar-refractivity contribution in [3.8, 4) is 11.5 Å². The van der Waals surface area contributed by atoms with E-state index in [0.717, 1.165) is 11.3 Å². The molecule has 102 valence electrons. The Morgan fingerprint density at radius 2 is 2.16 bits per heavy atom. The molecule has 0 saturated heterocycles. The maximum Gasteiger partial charge on any atom is 0.145 e. The van der Waals surface area contributed by atoms with Crippen LogP contribution in [0.15, 0.2) is 22.8 Å². The Bertz CT molecular complexity index is 552. The maximum absolute atomic E-state index is 5.92. The number of methoxy groups -OCH3 is 1. The molecule has 1 unspecified atom stereocenters. The lowest BCUT2D eigenvalue weighted by Crippen LogP contribution is -2.08. The van der Waals surface area contributed by atoms with Crippen molar-refractivity contribution in [2.24, 2.45) is 5.73 Å². The minimum absolute atomic E-state index is 0.127. The maximum atomic E-state index is 5.92. The fraction of sp³-hybridized carbons (Fsp3) is 0.385. The molecule has 6 heteroatoms. The van der Waals surface area contributed by atoms with E-state index in [1.165, 1.54) is 0 Å². The van der Waals surface area contributed by atoms with Crippen LogP contribution in [0.3, 0.4) is 0 Å². The topological polar surface area (TPSA) is 83.4 Å². The molecule has 0 amide bonds. The Hall–Kier alpha value is -2.08. The predicted octanol–water partition coefficient (Wildman–Crippen LogP) is 1.99. The predicted molar refractivity (Wildman–Crippen MR) is 69.0 cm³/mol. The van der Waals surface area contributed by atoms with Crippen LogP contribution in [0.25, 0.3) is 0 Å². The Morgan fingerprint density at radius 1 is 1.37 bits per heavy atom. The van der Waals surface area contributed by atoms with Crippen LogP contribution in [0.1, 0.15) is 29.9 Å². The summed E-state index contributed by atoms with van der Waals surface area (Å²) >= 11 is 0. The molecule has 1 aromatic heterocycles. The summed E-state index contributed by atoms with van der Waals surface area (Å²) in [4.78, 5) is 0. The molecule has 0 aliphatic carbocycles. The molecule has 0 spiro atoms. The van der Waals surface area contributed by atoms with Crippen LogP contribution in [-0.4, -0.2) is 17.4 Å². The fourth-order valence-electron chi connectivity index (χ4n) is 1.67. The van der Waals surface area contributed by atoms with E-state index in [9.17, 15) is 0 Å². The van der Waals surface area contributed by atoms with E-state index in [1.807, 2.05) is 32.0 Å². The highest BCUT2D eigenvalue weighted by atomic mass is 16.6. The molecular weight excluding hydrogens is 246 g/mol. The van der Waals surface area contributed by atoms with Gasteiger partial charge in [-0.1, -0.05) is 16.4 Å². The third-order valence-electron chi connectivity index (χ3n) is 2.82. The minimum Gasteiger partial charge on any atom is -0.497 e. The number of ether oxygens (including phenoxy) is 2. The molecule has 6 nitrogen and oxygen atoms in total. The summed E-state index contributed by atoms with van der Waals surface area (Å²) in [7, 11) is 1.61. The lowest BCUT2D eigenvalue weighted by molar-refractivity contribution is 0.267. The lowest BCUT2D eigenvalue weighted by atomic mass is 10.1. The highest BCUT2D eigenvalue weighted by Crippen LogP contribution is 2.29. The zero-order chi connectivity index (χ0) is 13.8. The first-order valence-corrected chi connectivity index (χ1v) is 5.96. The van der Waals surface area contributed by atoms with Crippen LogP contribution in [0, 0.1) is 6.92 Å². The van der Waals surface area contributed by atoms with E-state index in [1.54, 1.807) is 7.11 Å². The van der Waals surface area contributed by atoms with E-state index in [4.69, 9.17) is 15.2 Å². The lowest BCUT2D eigenvalue weighted by Gasteiger charge is -2.14. The van der Waals surface area contributed by atoms with E-state index in [0.29, 0.717) is 17.1 Å². The van der Waals surface area contributed by atoms with Gasteiger partial charge in [0.25, 0.3) is 0 Å². The second-order valence-corrected chi connectivity index (χ2v) is 4.28. The molecule has 0 saturated carbocycles. The number of hydrogen-bond donors (Lipinski definition) is 1. The highest BCUT2D eigenvalue weighted by molar-refractivity contribution is 5.42. The largest absolute Gasteiger partial charge is 0.497 e. The van der Waals surface area contributed by atoms with Gasteiger partial charge in [0.2, 0.25) is 0 Å². The molecule has 19 heavy (non-hydrogen) atoms. The zero-order valence-corrected chi connectivity index (χ0v) is 11.2. The van der Waals surface area contributed by atoms with Gasteiger partial charge >= 0.3 is 0 Å². The first kappa shape index (κ1) is 13.4. The molecule has 1 aromatic carbocycles. The summed E-state index contributed by atoms with van der Waals surface area (Å²) in [5, 5.41) is 7.48. The van der Waals surface area contributed by atoms with Gasteiger partial charge in [-0.3, -0.25) is 0 Å². The second kappa shape index (κ2) is 5.71. The van der Waals surface area contributed by atoms with Crippen molar-refractivity contribution in [2.75, 3.05) is 7.11 Å². The van der Waals surface area contributed by atoms with Crippen molar-refractivity contribution in [1.82, 2.24) is 10.3 Å². The molecule has 0 aliphatic heterocycles. The molecule has 2 N–H and O–H groups in total. The summed E-state index contributed by atoms with van der Waals surface area (Å²) in [6.07, 6.45) is 0. The number of nitrogens with zero attached hydrogens (tertiary/aromatic N) is 2. The van der Waals surface area contributed by atoms with Crippen LogP contribution < -0.4 is 15.2 Å². The summed E-state index contributed by atoms with van der Waals surface area (Å²) < 4.78 is 15.6. The number of hydrogen-bond acceptors (Lipinski definition) is 6. The molecular formula is C13H17N3O3. The van der Waals surface area contributed by atoms with Crippen LogP contribution in [-0.2, 0) is 6.61 Å². The third-order valence-corrected chi connectivity index (χ3v) is 2.82. The smallest absolute Gasteiger partial charge is 0.145 e. The second-order valence-electron chi connectivity index (χ2n) is 4.28. The van der Waals surface area contributed by atoms with Gasteiger partial charge in [0.05, 0.1) is 7.11 Å². The van der Waals surface area contributed by atoms with Crippen molar-refractivity contribution in [2.45, 2.75) is 26.5 Å². The summed E-state index contributed by atoms with van der Waals surface area (Å²) in [5.74, 6) is 1.39. The number of benzene rings is 1. The van der Waals surface area contributed by atoms with Gasteiger partial charge in [-0.05, 0) is 19.9 Å². The normalized spacial score (nSPS) is 12.2. The number of aryl methyl sites for hydroxylation is 1. The average Bonchev–Trinajstić information content (AvgIpc) is 2.81. The van der Waals surface area contributed by atoms with Crippen LogP contribution in [0.4, 0.5) is 0 Å². The Balaban J connectivity index is 2.20. The number of nitrogens with two attached hydrogens (primary N) is 1. The van der Waals surface area contributed by atoms with E-state index in [-0.39, 0.29) is 12.6 Å². The van der Waals surface area contributed by atoms with Gasteiger partial charge in [-0.15, -0.1) is 0 Å². The van der Waals surface area contributed by atoms with E-state index >= 15 is 0 Å². The van der Waals surface area contributed by atoms with Crippen molar-refractivity contribution in [3.05, 3.63) is 35.2 Å². The number of rotatable bonds is 5. The Labute approximate surface area is 111 Å². The van der Waals surface area contributed by atoms with Crippen molar-refractivity contribution < 1.29 is 14.1 Å². The van der Waals surface area contributed by atoms with Crippen molar-refractivity contribution >= 4 is 0 Å². The minimum atomic E-state index is -0.127. The summed E-state index contributed by atoms with van der Waals surface area (Å²) in [6, 6.07) is 5.43. The van der Waals surface area contributed by atoms with Crippen LogP contribution >= 0.6 is 0 Å². The van der Waals surface area contributed by atoms with E-state index < -0.39 is 0 Å². The molecule has 0 bridgehead atoms. The van der Waals surface area contributed by atoms with Gasteiger partial charge in [0.1, 0.15) is 29.5 Å². The molecule has 2 aromatic rings.